The minimum absolute atomic E-state index is 0.634. The Kier molecular flexibility index (Phi) is 2.31. The Labute approximate surface area is 84.0 Å². The number of rotatable bonds is 1. The van der Waals surface area contributed by atoms with Gasteiger partial charge in [0, 0.05) is 23.1 Å². The molecule has 0 N–H and O–H groups in total. The molecule has 0 saturated heterocycles. The van der Waals surface area contributed by atoms with Crippen molar-refractivity contribution in [3.63, 3.8) is 0 Å². The van der Waals surface area contributed by atoms with Crippen molar-refractivity contribution in [3.05, 3.63) is 41.3 Å². The molecule has 2 aromatic rings. The van der Waals surface area contributed by atoms with E-state index in [4.69, 9.17) is 0 Å². The van der Waals surface area contributed by atoms with Gasteiger partial charge in [0.1, 0.15) is 5.69 Å². The topological polar surface area (TPSA) is 38.7 Å². The first-order valence-corrected chi connectivity index (χ1v) is 4.55. The number of pyridine rings is 1. The first-order chi connectivity index (χ1) is 6.38. The minimum Gasteiger partial charge on any atom is -0.252 e. The van der Waals surface area contributed by atoms with Gasteiger partial charge in [0.05, 0.1) is 0 Å². The van der Waals surface area contributed by atoms with Crippen molar-refractivity contribution in [2.75, 3.05) is 0 Å². The molecule has 2 rings (SSSR count). The zero-order chi connectivity index (χ0) is 9.10. The Bertz CT molecular complexity index is 403. The summed E-state index contributed by atoms with van der Waals surface area (Å²) in [6.45, 7) is 0. The van der Waals surface area contributed by atoms with Crippen LogP contribution in [0.2, 0.25) is 0 Å². The third-order valence-corrected chi connectivity index (χ3v) is 2.18. The van der Waals surface area contributed by atoms with E-state index in [1.54, 1.807) is 24.7 Å². The lowest BCUT2D eigenvalue weighted by atomic mass is 10.3. The maximum Gasteiger partial charge on any atom is 0.179 e. The van der Waals surface area contributed by atoms with E-state index >= 15 is 0 Å². The van der Waals surface area contributed by atoms with Gasteiger partial charge in [0.2, 0.25) is 0 Å². The van der Waals surface area contributed by atoms with Gasteiger partial charge in [-0.15, -0.1) is 0 Å². The average Bonchev–Trinajstić information content (AvgIpc) is 2.20. The van der Waals surface area contributed by atoms with Gasteiger partial charge in [-0.25, -0.2) is 9.97 Å². The van der Waals surface area contributed by atoms with Crippen molar-refractivity contribution in [3.8, 4) is 11.5 Å². The molecule has 0 fully saturated rings. The highest BCUT2D eigenvalue weighted by atomic mass is 79.9. The molecule has 0 radical (unpaired) electrons. The number of hydrogen-bond acceptors (Lipinski definition) is 3. The van der Waals surface area contributed by atoms with Gasteiger partial charge < -0.3 is 0 Å². The van der Waals surface area contributed by atoms with Crippen LogP contribution in [-0.4, -0.2) is 15.0 Å². The molecule has 0 unspecified atom stereocenters. The van der Waals surface area contributed by atoms with Crippen LogP contribution in [0.15, 0.2) is 41.3 Å². The van der Waals surface area contributed by atoms with Crippen LogP contribution in [0, 0.1) is 0 Å². The maximum absolute atomic E-state index is 4.18. The Balaban J connectivity index is 2.54. The summed E-state index contributed by atoms with van der Waals surface area (Å²) in [6.07, 6.45) is 5.11. The van der Waals surface area contributed by atoms with E-state index in [1.807, 2.05) is 12.1 Å². The third kappa shape index (κ3) is 1.72. The van der Waals surface area contributed by atoms with Crippen LogP contribution in [-0.2, 0) is 0 Å². The van der Waals surface area contributed by atoms with Gasteiger partial charge in [0.15, 0.2) is 5.82 Å². The first kappa shape index (κ1) is 8.31. The molecule has 0 aliphatic carbocycles. The van der Waals surface area contributed by atoms with E-state index in [2.05, 4.69) is 30.9 Å². The molecule has 2 aromatic heterocycles. The number of halogens is 1. The molecule has 0 amide bonds. The molecule has 0 bridgehead atoms. The molecule has 0 aromatic carbocycles. The summed E-state index contributed by atoms with van der Waals surface area (Å²) in [5, 5.41) is 0. The summed E-state index contributed by atoms with van der Waals surface area (Å²) in [5.74, 6) is 0.634. The van der Waals surface area contributed by atoms with Crippen molar-refractivity contribution in [2.45, 2.75) is 0 Å². The van der Waals surface area contributed by atoms with E-state index in [0.717, 1.165) is 10.2 Å². The second kappa shape index (κ2) is 3.62. The molecule has 0 spiro atoms. The Hall–Kier alpha value is -1.29. The lowest BCUT2D eigenvalue weighted by Crippen LogP contribution is -1.90. The van der Waals surface area contributed by atoms with Crippen molar-refractivity contribution < 1.29 is 0 Å². The summed E-state index contributed by atoms with van der Waals surface area (Å²) in [7, 11) is 0. The highest BCUT2D eigenvalue weighted by Crippen LogP contribution is 2.21. The smallest absolute Gasteiger partial charge is 0.179 e. The summed E-state index contributed by atoms with van der Waals surface area (Å²) < 4.78 is 0.904. The van der Waals surface area contributed by atoms with Gasteiger partial charge in [-0.1, -0.05) is 0 Å². The molecule has 0 atom stereocenters. The SMILES string of the molecule is Brc1cccnc1-c1ncccn1. The molecular formula is C9H6BrN3. The lowest BCUT2D eigenvalue weighted by molar-refractivity contribution is 1.13. The zero-order valence-electron chi connectivity index (χ0n) is 6.68. The zero-order valence-corrected chi connectivity index (χ0v) is 8.27. The minimum atomic E-state index is 0.634. The van der Waals surface area contributed by atoms with Gasteiger partial charge in [-0.3, -0.25) is 4.98 Å². The van der Waals surface area contributed by atoms with Crippen molar-refractivity contribution in [2.24, 2.45) is 0 Å². The molecular weight excluding hydrogens is 230 g/mol. The van der Waals surface area contributed by atoms with Crippen molar-refractivity contribution in [1.29, 1.82) is 0 Å². The molecule has 4 heteroatoms. The van der Waals surface area contributed by atoms with Gasteiger partial charge in [0.25, 0.3) is 0 Å². The Morgan fingerprint density at radius 3 is 2.31 bits per heavy atom. The van der Waals surface area contributed by atoms with E-state index in [9.17, 15) is 0 Å². The number of nitrogens with zero attached hydrogens (tertiary/aromatic N) is 3. The molecule has 0 aliphatic rings. The third-order valence-electron chi connectivity index (χ3n) is 1.54. The molecule has 0 saturated carbocycles. The Morgan fingerprint density at radius 1 is 0.923 bits per heavy atom. The van der Waals surface area contributed by atoms with Crippen molar-refractivity contribution in [1.82, 2.24) is 15.0 Å². The summed E-state index contributed by atoms with van der Waals surface area (Å²) in [4.78, 5) is 12.4. The predicted molar refractivity (Wildman–Crippen MR) is 53.0 cm³/mol. The van der Waals surface area contributed by atoms with Gasteiger partial charge >= 0.3 is 0 Å². The molecule has 2 heterocycles. The van der Waals surface area contributed by atoms with Crippen molar-refractivity contribution >= 4 is 15.9 Å². The maximum atomic E-state index is 4.18. The fourth-order valence-corrected chi connectivity index (χ4v) is 1.40. The first-order valence-electron chi connectivity index (χ1n) is 3.76. The largest absolute Gasteiger partial charge is 0.252 e. The highest BCUT2D eigenvalue weighted by molar-refractivity contribution is 9.10. The van der Waals surface area contributed by atoms with Gasteiger partial charge in [-0.05, 0) is 34.1 Å². The highest BCUT2D eigenvalue weighted by Gasteiger charge is 2.04. The molecule has 3 nitrogen and oxygen atoms in total. The van der Waals surface area contributed by atoms with E-state index in [1.165, 1.54) is 0 Å². The fraction of sp³-hybridized carbons (Fsp3) is 0. The second-order valence-corrected chi connectivity index (χ2v) is 3.26. The van der Waals surface area contributed by atoms with Crippen LogP contribution in [0.25, 0.3) is 11.5 Å². The second-order valence-electron chi connectivity index (χ2n) is 2.41. The van der Waals surface area contributed by atoms with E-state index in [-0.39, 0.29) is 0 Å². The monoisotopic (exact) mass is 235 g/mol. The number of aromatic nitrogens is 3. The lowest BCUT2D eigenvalue weighted by Gasteiger charge is -1.99. The van der Waals surface area contributed by atoms with Crippen LogP contribution in [0.1, 0.15) is 0 Å². The summed E-state index contributed by atoms with van der Waals surface area (Å²) >= 11 is 3.39. The van der Waals surface area contributed by atoms with Crippen LogP contribution < -0.4 is 0 Å². The van der Waals surface area contributed by atoms with E-state index < -0.39 is 0 Å². The molecule has 13 heavy (non-hydrogen) atoms. The normalized spacial score (nSPS) is 9.92. The Morgan fingerprint density at radius 2 is 1.62 bits per heavy atom. The van der Waals surface area contributed by atoms with E-state index in [0.29, 0.717) is 5.82 Å². The summed E-state index contributed by atoms with van der Waals surface area (Å²) in [6, 6.07) is 5.55. The van der Waals surface area contributed by atoms with Crippen LogP contribution >= 0.6 is 15.9 Å². The molecule has 0 aliphatic heterocycles. The average molecular weight is 236 g/mol. The van der Waals surface area contributed by atoms with Crippen LogP contribution in [0.3, 0.4) is 0 Å². The number of hydrogen-bond donors (Lipinski definition) is 0. The van der Waals surface area contributed by atoms with Crippen LogP contribution in [0.5, 0.6) is 0 Å². The summed E-state index contributed by atoms with van der Waals surface area (Å²) in [5.41, 5.74) is 0.767. The van der Waals surface area contributed by atoms with Crippen LogP contribution in [0.4, 0.5) is 0 Å². The standard InChI is InChI=1S/C9H6BrN3/c10-7-3-1-4-11-8(7)9-12-5-2-6-13-9/h1-6H. The molecule has 64 valence electrons. The van der Waals surface area contributed by atoms with Gasteiger partial charge in [-0.2, -0.15) is 0 Å². The fourth-order valence-electron chi connectivity index (χ4n) is 0.972. The quantitative estimate of drug-likeness (QED) is 0.762. The predicted octanol–water partition coefficient (Wildman–Crippen LogP) is 2.30.